The van der Waals surface area contributed by atoms with Gasteiger partial charge in [-0.15, -0.1) is 0 Å². The molecule has 9 heteroatoms. The second-order valence-corrected chi connectivity index (χ2v) is 8.18. The number of carbonyl (C=O) groups excluding carboxylic acids is 1. The van der Waals surface area contributed by atoms with Crippen LogP contribution in [0.4, 0.5) is 0 Å². The number of hydrogen-bond donors (Lipinski definition) is 1. The molecule has 2 saturated heterocycles. The van der Waals surface area contributed by atoms with Crippen molar-refractivity contribution in [1.29, 1.82) is 0 Å². The van der Waals surface area contributed by atoms with Crippen molar-refractivity contribution in [3.63, 3.8) is 0 Å². The Morgan fingerprint density at radius 3 is 2.58 bits per heavy atom. The molecule has 2 aliphatic rings. The fourth-order valence-corrected chi connectivity index (χ4v) is 5.15. The van der Waals surface area contributed by atoms with Crippen molar-refractivity contribution in [2.24, 2.45) is 5.92 Å². The summed E-state index contributed by atoms with van der Waals surface area (Å²) in [5, 5.41) is 9.45. The molecule has 0 aromatic carbocycles. The van der Waals surface area contributed by atoms with Crippen LogP contribution in [-0.4, -0.2) is 65.3 Å². The monoisotopic (exact) mass is 353 g/mol. The zero-order chi connectivity index (χ0) is 17.5. The molecule has 0 bridgehead atoms. The summed E-state index contributed by atoms with van der Waals surface area (Å²) in [6.45, 7) is 0.358. The zero-order valence-corrected chi connectivity index (χ0v) is 14.1. The highest BCUT2D eigenvalue weighted by Gasteiger charge is 2.56. The van der Waals surface area contributed by atoms with Gasteiger partial charge in [-0.2, -0.15) is 4.31 Å². The molecule has 3 rings (SSSR count). The Kier molecular flexibility index (Phi) is 4.08. The second-order valence-electron chi connectivity index (χ2n) is 6.24. The largest absolute Gasteiger partial charge is 0.481 e. The van der Waals surface area contributed by atoms with Gasteiger partial charge in [0, 0.05) is 39.0 Å². The van der Waals surface area contributed by atoms with Gasteiger partial charge in [0.05, 0.1) is 11.5 Å². The number of nitrogens with zero attached hydrogens (tertiary/aromatic N) is 3. The van der Waals surface area contributed by atoms with E-state index in [0.29, 0.717) is 12.8 Å². The lowest BCUT2D eigenvalue weighted by atomic mass is 9.77. The minimum absolute atomic E-state index is 0.0266. The molecule has 0 radical (unpaired) electrons. The predicted octanol–water partition coefficient (Wildman–Crippen LogP) is 0.168. The molecule has 2 fully saturated rings. The van der Waals surface area contributed by atoms with Crippen molar-refractivity contribution in [3.8, 4) is 0 Å². The van der Waals surface area contributed by atoms with Crippen molar-refractivity contribution in [1.82, 2.24) is 14.2 Å². The number of amides is 1. The number of sulfonamides is 1. The van der Waals surface area contributed by atoms with E-state index in [1.54, 1.807) is 13.1 Å². The van der Waals surface area contributed by atoms with E-state index in [4.69, 9.17) is 0 Å². The zero-order valence-electron chi connectivity index (χ0n) is 13.3. The van der Waals surface area contributed by atoms with Crippen LogP contribution in [0, 0.1) is 5.92 Å². The average molecular weight is 353 g/mol. The van der Waals surface area contributed by atoms with E-state index in [1.165, 1.54) is 27.7 Å². The lowest BCUT2D eigenvalue weighted by Gasteiger charge is -2.44. The van der Waals surface area contributed by atoms with Crippen molar-refractivity contribution < 1.29 is 23.1 Å². The fraction of sp³-hybridized carbons (Fsp3) is 0.533. The van der Waals surface area contributed by atoms with Crippen LogP contribution in [0.3, 0.4) is 0 Å². The summed E-state index contributed by atoms with van der Waals surface area (Å²) in [5.74, 6) is -2.00. The quantitative estimate of drug-likeness (QED) is 0.830. The van der Waals surface area contributed by atoms with Crippen LogP contribution in [0.25, 0.3) is 0 Å². The smallest absolute Gasteiger partial charge is 0.309 e. The van der Waals surface area contributed by atoms with Gasteiger partial charge >= 0.3 is 5.97 Å². The molecule has 1 unspecified atom stereocenters. The molecule has 1 amide bonds. The summed E-state index contributed by atoms with van der Waals surface area (Å²) >= 11 is 0. The van der Waals surface area contributed by atoms with Crippen molar-refractivity contribution in [2.45, 2.75) is 29.7 Å². The number of piperidine rings is 1. The summed E-state index contributed by atoms with van der Waals surface area (Å²) < 4.78 is 26.6. The molecular weight excluding hydrogens is 334 g/mol. The van der Waals surface area contributed by atoms with E-state index in [9.17, 15) is 23.1 Å². The molecule has 3 heterocycles. The van der Waals surface area contributed by atoms with Crippen LogP contribution in [0.15, 0.2) is 29.4 Å². The fourth-order valence-electron chi connectivity index (χ4n) is 3.75. The number of pyridine rings is 1. The molecule has 2 aliphatic heterocycles. The molecule has 0 aliphatic carbocycles. The molecule has 1 aromatic heterocycles. The van der Waals surface area contributed by atoms with Crippen LogP contribution in [0.5, 0.6) is 0 Å². The molecule has 130 valence electrons. The molecule has 1 spiro atoms. The van der Waals surface area contributed by atoms with Crippen LogP contribution < -0.4 is 0 Å². The topological polar surface area (TPSA) is 108 Å². The maximum Gasteiger partial charge on any atom is 0.309 e. The molecule has 1 N–H and O–H groups in total. The third-order valence-electron chi connectivity index (χ3n) is 5.23. The van der Waals surface area contributed by atoms with Crippen molar-refractivity contribution in [2.75, 3.05) is 20.1 Å². The average Bonchev–Trinajstić information content (AvgIpc) is 2.81. The van der Waals surface area contributed by atoms with Crippen molar-refractivity contribution >= 4 is 21.9 Å². The second kappa shape index (κ2) is 5.82. The Hall–Kier alpha value is -2.00. The van der Waals surface area contributed by atoms with Gasteiger partial charge in [-0.1, -0.05) is 0 Å². The number of carboxylic acids is 1. The summed E-state index contributed by atoms with van der Waals surface area (Å²) in [4.78, 5) is 29.0. The number of aliphatic carboxylic acids is 1. The number of carbonyl (C=O) groups is 2. The summed E-state index contributed by atoms with van der Waals surface area (Å²) in [7, 11) is -2.05. The highest BCUT2D eigenvalue weighted by Crippen LogP contribution is 2.43. The number of carboxylic acid groups (broad SMARTS) is 1. The summed E-state index contributed by atoms with van der Waals surface area (Å²) in [6.07, 6.45) is 3.39. The standard InChI is InChI=1S/C15H19N3O5S/c1-17-13(19)9-12(14(20)21)15(17)4-7-18(8-5-15)24(22,23)11-3-2-6-16-10-11/h2-3,6,10,12H,4-5,7-9H2,1H3,(H,20,21). The first-order chi connectivity index (χ1) is 11.3. The Labute approximate surface area is 140 Å². The van der Waals surface area contributed by atoms with E-state index >= 15 is 0 Å². The first-order valence-electron chi connectivity index (χ1n) is 7.69. The van der Waals surface area contributed by atoms with Crippen LogP contribution in [0.1, 0.15) is 19.3 Å². The predicted molar refractivity (Wildman–Crippen MR) is 83.5 cm³/mol. The van der Waals surface area contributed by atoms with Crippen LogP contribution in [0.2, 0.25) is 0 Å². The van der Waals surface area contributed by atoms with Gasteiger partial charge in [0.2, 0.25) is 15.9 Å². The Bertz CT molecular complexity index is 757. The third-order valence-corrected chi connectivity index (χ3v) is 7.11. The SMILES string of the molecule is CN1C(=O)CC(C(=O)O)C12CCN(S(=O)(=O)c1cccnc1)CC2. The number of aromatic nitrogens is 1. The highest BCUT2D eigenvalue weighted by molar-refractivity contribution is 7.89. The first-order valence-corrected chi connectivity index (χ1v) is 9.13. The third kappa shape index (κ3) is 2.48. The summed E-state index contributed by atoms with van der Waals surface area (Å²) in [6, 6.07) is 3.04. The molecule has 0 saturated carbocycles. The minimum atomic E-state index is -3.66. The van der Waals surface area contributed by atoms with Gasteiger partial charge in [-0.3, -0.25) is 14.6 Å². The molecule has 8 nitrogen and oxygen atoms in total. The normalized spacial score (nSPS) is 24.5. The highest BCUT2D eigenvalue weighted by atomic mass is 32.2. The van der Waals surface area contributed by atoms with Gasteiger partial charge in [-0.05, 0) is 25.0 Å². The number of rotatable bonds is 3. The first kappa shape index (κ1) is 16.8. The van der Waals surface area contributed by atoms with E-state index in [0.717, 1.165) is 0 Å². The number of likely N-dealkylation sites (tertiary alicyclic amines) is 1. The number of hydrogen-bond acceptors (Lipinski definition) is 5. The Morgan fingerprint density at radius 2 is 2.04 bits per heavy atom. The Balaban J connectivity index is 1.83. The maximum absolute atomic E-state index is 12.6. The van der Waals surface area contributed by atoms with Gasteiger partial charge in [0.15, 0.2) is 0 Å². The lowest BCUT2D eigenvalue weighted by molar-refractivity contribution is -0.145. The molecule has 1 atom stereocenters. The van der Waals surface area contributed by atoms with Gasteiger partial charge < -0.3 is 10.0 Å². The van der Waals surface area contributed by atoms with Gasteiger partial charge in [0.1, 0.15) is 4.90 Å². The molecule has 24 heavy (non-hydrogen) atoms. The van der Waals surface area contributed by atoms with Gasteiger partial charge in [0.25, 0.3) is 0 Å². The molecule has 1 aromatic rings. The lowest BCUT2D eigenvalue weighted by Crippen LogP contribution is -2.56. The van der Waals surface area contributed by atoms with E-state index in [2.05, 4.69) is 4.98 Å². The minimum Gasteiger partial charge on any atom is -0.481 e. The van der Waals surface area contributed by atoms with E-state index < -0.39 is 27.4 Å². The molecular formula is C15H19N3O5S. The van der Waals surface area contributed by atoms with Gasteiger partial charge in [-0.25, -0.2) is 8.42 Å². The van der Waals surface area contributed by atoms with E-state index in [1.807, 2.05) is 0 Å². The van der Waals surface area contributed by atoms with E-state index in [-0.39, 0.29) is 30.3 Å². The Morgan fingerprint density at radius 1 is 1.38 bits per heavy atom. The summed E-state index contributed by atoms with van der Waals surface area (Å²) in [5.41, 5.74) is -0.802. The van der Waals surface area contributed by atoms with Crippen LogP contribution in [-0.2, 0) is 19.6 Å². The van der Waals surface area contributed by atoms with Crippen LogP contribution >= 0.6 is 0 Å². The van der Waals surface area contributed by atoms with Crippen molar-refractivity contribution in [3.05, 3.63) is 24.5 Å². The maximum atomic E-state index is 12.6.